The minimum atomic E-state index is -3.93. The van der Waals surface area contributed by atoms with Crippen LogP contribution in [0.1, 0.15) is 50.7 Å². The summed E-state index contributed by atoms with van der Waals surface area (Å²) in [5, 5.41) is 9.84. The molecule has 204 valence electrons. The van der Waals surface area contributed by atoms with E-state index >= 15 is 0 Å². The predicted octanol–water partition coefficient (Wildman–Crippen LogP) is 3.09. The van der Waals surface area contributed by atoms with E-state index in [1.54, 1.807) is 49.5 Å². The molecule has 1 fully saturated rings. The lowest BCUT2D eigenvalue weighted by molar-refractivity contribution is -0.130. The highest BCUT2D eigenvalue weighted by atomic mass is 32.2. The molecule has 2 heterocycles. The van der Waals surface area contributed by atoms with Crippen molar-refractivity contribution in [2.75, 3.05) is 26.7 Å². The molecule has 4 rings (SSSR count). The molecule has 9 heteroatoms. The Hall–Kier alpha value is -2.93. The van der Waals surface area contributed by atoms with E-state index in [1.807, 2.05) is 19.1 Å². The highest BCUT2D eigenvalue weighted by Crippen LogP contribution is 2.34. The quantitative estimate of drug-likeness (QED) is 0.567. The van der Waals surface area contributed by atoms with Crippen molar-refractivity contribution in [3.05, 3.63) is 53.9 Å². The molecule has 1 aliphatic heterocycles. The summed E-state index contributed by atoms with van der Waals surface area (Å²) < 4.78 is 35.1. The highest BCUT2D eigenvalue weighted by molar-refractivity contribution is 7.89. The molecule has 1 aromatic heterocycles. The van der Waals surface area contributed by atoms with Crippen molar-refractivity contribution >= 4 is 15.9 Å². The fraction of sp³-hybridized carbons (Fsp3) is 0.517. The number of benzene rings is 1. The molecule has 0 spiro atoms. The highest BCUT2D eigenvalue weighted by Gasteiger charge is 2.38. The van der Waals surface area contributed by atoms with Gasteiger partial charge in [0.1, 0.15) is 16.7 Å². The lowest BCUT2D eigenvalue weighted by Crippen LogP contribution is -2.50. The Labute approximate surface area is 226 Å². The number of aromatic nitrogens is 1. The second-order valence-electron chi connectivity index (χ2n) is 10.5. The maximum atomic E-state index is 13.7. The zero-order chi connectivity index (χ0) is 27.3. The molecular weight excluding hydrogens is 502 g/mol. The van der Waals surface area contributed by atoms with Gasteiger partial charge in [-0.05, 0) is 55.7 Å². The van der Waals surface area contributed by atoms with Crippen LogP contribution in [0.15, 0.2) is 47.6 Å². The Bertz CT molecular complexity index is 1280. The van der Waals surface area contributed by atoms with Crippen LogP contribution in [0.4, 0.5) is 0 Å². The van der Waals surface area contributed by atoms with Gasteiger partial charge in [-0.2, -0.15) is 4.31 Å². The van der Waals surface area contributed by atoms with Gasteiger partial charge in [-0.15, -0.1) is 0 Å². The number of rotatable bonds is 6. The van der Waals surface area contributed by atoms with Gasteiger partial charge in [0.05, 0.1) is 19.6 Å². The van der Waals surface area contributed by atoms with Crippen molar-refractivity contribution in [3.8, 4) is 17.6 Å². The van der Waals surface area contributed by atoms with Crippen LogP contribution in [-0.2, 0) is 21.2 Å². The molecule has 1 aromatic carbocycles. The van der Waals surface area contributed by atoms with E-state index in [9.17, 15) is 18.3 Å². The molecule has 0 unspecified atom stereocenters. The number of likely N-dealkylation sites (N-methyl/N-ethyl adjacent to an activating group) is 1. The zero-order valence-corrected chi connectivity index (χ0v) is 23.2. The molecule has 38 heavy (non-hydrogen) atoms. The van der Waals surface area contributed by atoms with Gasteiger partial charge in [-0.25, -0.2) is 8.42 Å². The number of aliphatic hydroxyl groups excluding tert-OH is 1. The lowest BCUT2D eigenvalue weighted by Gasteiger charge is -2.37. The molecule has 8 nitrogen and oxygen atoms in total. The molecule has 1 N–H and O–H groups in total. The fourth-order valence-corrected chi connectivity index (χ4v) is 6.78. The predicted molar refractivity (Wildman–Crippen MR) is 145 cm³/mol. The molecule has 3 atom stereocenters. The molecule has 2 aliphatic rings. The number of hydrogen-bond acceptors (Lipinski definition) is 6. The van der Waals surface area contributed by atoms with E-state index in [0.717, 1.165) is 18.4 Å². The maximum Gasteiger partial charge on any atom is 0.247 e. The van der Waals surface area contributed by atoms with E-state index in [1.165, 1.54) is 17.1 Å². The Morgan fingerprint density at radius 1 is 1.24 bits per heavy atom. The molecular formula is C29H37N3O5S. The van der Waals surface area contributed by atoms with E-state index < -0.39 is 22.2 Å². The zero-order valence-electron chi connectivity index (χ0n) is 22.3. The van der Waals surface area contributed by atoms with Gasteiger partial charge in [-0.3, -0.25) is 9.78 Å². The summed E-state index contributed by atoms with van der Waals surface area (Å²) in [5.74, 6) is 6.81. The van der Waals surface area contributed by atoms with Crippen LogP contribution in [0.3, 0.4) is 0 Å². The molecule has 0 bridgehead atoms. The summed E-state index contributed by atoms with van der Waals surface area (Å²) in [7, 11) is -2.20. The lowest BCUT2D eigenvalue weighted by atomic mass is 10.0. The smallest absolute Gasteiger partial charge is 0.247 e. The summed E-state index contributed by atoms with van der Waals surface area (Å²) >= 11 is 0. The summed E-state index contributed by atoms with van der Waals surface area (Å²) in [5.41, 5.74) is 1.56. The number of pyridine rings is 1. The third kappa shape index (κ3) is 6.55. The fourth-order valence-electron chi connectivity index (χ4n) is 4.96. The number of fused-ring (bicyclic) bond motifs is 1. The van der Waals surface area contributed by atoms with Crippen molar-refractivity contribution < 1.29 is 23.1 Å². The molecule has 0 radical (unpaired) electrons. The van der Waals surface area contributed by atoms with E-state index in [4.69, 9.17) is 4.74 Å². The topological polar surface area (TPSA) is 100 Å². The first kappa shape index (κ1) is 28.1. The van der Waals surface area contributed by atoms with Crippen molar-refractivity contribution in [3.63, 3.8) is 0 Å². The van der Waals surface area contributed by atoms with E-state index in [-0.39, 0.29) is 48.6 Å². The first-order valence-corrected chi connectivity index (χ1v) is 14.7. The Kier molecular flexibility index (Phi) is 9.08. The molecule has 1 aliphatic carbocycles. The van der Waals surface area contributed by atoms with Gasteiger partial charge in [-0.1, -0.05) is 31.6 Å². The van der Waals surface area contributed by atoms with Gasteiger partial charge in [0.2, 0.25) is 15.9 Å². The summed E-state index contributed by atoms with van der Waals surface area (Å²) in [6.45, 7) is 3.73. The number of aliphatic hydroxyl groups is 1. The first-order chi connectivity index (χ1) is 18.2. The number of hydrogen-bond donors (Lipinski definition) is 1. The number of carbonyl (C=O) groups excluding carboxylic acids is 1. The Morgan fingerprint density at radius 2 is 1.95 bits per heavy atom. The minimum absolute atomic E-state index is 0.0480. The number of nitrogens with zero attached hydrogens (tertiary/aromatic N) is 3. The number of sulfonamides is 1. The largest absolute Gasteiger partial charge is 0.487 e. The number of ether oxygens (including phenoxy) is 1. The van der Waals surface area contributed by atoms with Crippen LogP contribution < -0.4 is 4.74 Å². The standard InChI is InChI=1S/C29H37N3O5S/c1-21-18-32(22(2)20-33)38(35,36)28-11-10-24(9-8-23-6-4-5-7-23)16-26(28)37-27(21)19-31(3)29(34)17-25-12-14-30-15-13-25/h10-16,21-23,27,33H,4-7,17-20H2,1-3H3/t21-,22+,27-/m0/s1. The van der Waals surface area contributed by atoms with E-state index in [0.29, 0.717) is 11.5 Å². The van der Waals surface area contributed by atoms with Crippen LogP contribution in [0.25, 0.3) is 0 Å². The first-order valence-electron chi connectivity index (χ1n) is 13.3. The summed E-state index contributed by atoms with van der Waals surface area (Å²) in [6.07, 6.45) is 7.65. The number of carbonyl (C=O) groups is 1. The van der Waals surface area contributed by atoms with Crippen LogP contribution in [0, 0.1) is 23.7 Å². The Morgan fingerprint density at radius 3 is 2.63 bits per heavy atom. The average molecular weight is 540 g/mol. The summed E-state index contributed by atoms with van der Waals surface area (Å²) in [4.78, 5) is 18.6. The van der Waals surface area contributed by atoms with Gasteiger partial charge in [0.15, 0.2) is 0 Å². The third-order valence-corrected chi connectivity index (χ3v) is 9.45. The van der Waals surface area contributed by atoms with Crippen molar-refractivity contribution in [1.29, 1.82) is 0 Å². The molecule has 1 saturated carbocycles. The second-order valence-corrected chi connectivity index (χ2v) is 12.3. The molecule has 0 saturated heterocycles. The van der Waals surface area contributed by atoms with Crippen LogP contribution in [0.2, 0.25) is 0 Å². The maximum absolute atomic E-state index is 13.7. The van der Waals surface area contributed by atoms with Gasteiger partial charge in [0, 0.05) is 49.4 Å². The van der Waals surface area contributed by atoms with Crippen LogP contribution >= 0.6 is 0 Å². The third-order valence-electron chi connectivity index (χ3n) is 7.43. The monoisotopic (exact) mass is 539 g/mol. The Balaban J connectivity index is 1.64. The molecule has 2 aromatic rings. The van der Waals surface area contributed by atoms with Gasteiger partial charge in [0.25, 0.3) is 0 Å². The van der Waals surface area contributed by atoms with Crippen molar-refractivity contribution in [2.24, 2.45) is 11.8 Å². The van der Waals surface area contributed by atoms with Crippen LogP contribution in [0.5, 0.6) is 5.75 Å². The second kappa shape index (κ2) is 12.3. The van der Waals surface area contributed by atoms with Gasteiger partial charge < -0.3 is 14.7 Å². The van der Waals surface area contributed by atoms with Gasteiger partial charge >= 0.3 is 0 Å². The average Bonchev–Trinajstić information content (AvgIpc) is 3.43. The molecule has 1 amide bonds. The van der Waals surface area contributed by atoms with Crippen molar-refractivity contribution in [1.82, 2.24) is 14.2 Å². The van der Waals surface area contributed by atoms with E-state index in [2.05, 4.69) is 16.8 Å². The number of amides is 1. The van der Waals surface area contributed by atoms with Crippen LogP contribution in [-0.4, -0.2) is 72.5 Å². The normalized spacial score (nSPS) is 22.2. The van der Waals surface area contributed by atoms with Crippen molar-refractivity contribution in [2.45, 2.75) is 63.0 Å². The minimum Gasteiger partial charge on any atom is -0.487 e. The SMILES string of the molecule is C[C@H](CO)N1C[C@H](C)[C@H](CN(C)C(=O)Cc2ccncc2)Oc2cc(C#CC3CCCC3)ccc2S1(=O)=O. The summed E-state index contributed by atoms with van der Waals surface area (Å²) in [6, 6.07) is 7.97.